The molecule has 0 fully saturated rings. The van der Waals surface area contributed by atoms with Gasteiger partial charge >= 0.3 is 0 Å². The van der Waals surface area contributed by atoms with Crippen molar-refractivity contribution >= 4 is 27.4 Å². The smallest absolute Gasteiger partial charge is 0.0757 e. The molecule has 3 nitrogen and oxygen atoms in total. The molecule has 35 heavy (non-hydrogen) atoms. The first-order valence-electron chi connectivity index (χ1n) is 12.6. The summed E-state index contributed by atoms with van der Waals surface area (Å²) in [7, 11) is 2.21. The van der Waals surface area contributed by atoms with Crippen molar-refractivity contribution < 1.29 is 0 Å². The van der Waals surface area contributed by atoms with E-state index in [0.717, 1.165) is 43.8 Å². The normalized spacial score (nSPS) is 13.8. The SMILES string of the molecule is CCN(Cc1ccccc1)c1ccc(-c2nc3ccc4ccccc4c3c3c2CN(C)CC3)cc1. The number of hydrogen-bond acceptors (Lipinski definition) is 3. The number of benzene rings is 4. The largest absolute Gasteiger partial charge is 0.367 e. The maximum Gasteiger partial charge on any atom is 0.0757 e. The van der Waals surface area contributed by atoms with E-state index >= 15 is 0 Å². The van der Waals surface area contributed by atoms with E-state index in [2.05, 4.69) is 115 Å². The number of fused-ring (bicyclic) bond motifs is 5. The molecule has 174 valence electrons. The van der Waals surface area contributed by atoms with E-state index in [0.29, 0.717) is 0 Å². The Morgan fingerprint density at radius 1 is 0.829 bits per heavy atom. The molecule has 0 amide bonds. The van der Waals surface area contributed by atoms with E-state index in [-0.39, 0.29) is 0 Å². The van der Waals surface area contributed by atoms with Crippen LogP contribution < -0.4 is 4.90 Å². The Bertz CT molecular complexity index is 1490. The van der Waals surface area contributed by atoms with Gasteiger partial charge in [0.2, 0.25) is 0 Å². The minimum atomic E-state index is 0.915. The minimum Gasteiger partial charge on any atom is -0.367 e. The number of nitrogens with zero attached hydrogens (tertiary/aromatic N) is 3. The zero-order chi connectivity index (χ0) is 23.8. The van der Waals surface area contributed by atoms with Crippen molar-refractivity contribution in [3.05, 3.63) is 108 Å². The molecule has 0 saturated carbocycles. The summed E-state index contributed by atoms with van der Waals surface area (Å²) in [6.07, 6.45) is 1.06. The number of aromatic nitrogens is 1. The molecule has 1 aliphatic rings. The fourth-order valence-corrected chi connectivity index (χ4v) is 5.51. The van der Waals surface area contributed by atoms with Gasteiger partial charge in [0.1, 0.15) is 0 Å². The van der Waals surface area contributed by atoms with Crippen LogP contribution in [0.5, 0.6) is 0 Å². The molecule has 2 heterocycles. The zero-order valence-electron chi connectivity index (χ0n) is 20.5. The van der Waals surface area contributed by atoms with Gasteiger partial charge < -0.3 is 9.80 Å². The molecule has 1 aromatic heterocycles. The third kappa shape index (κ3) is 4.06. The van der Waals surface area contributed by atoms with Crippen molar-refractivity contribution in [3.63, 3.8) is 0 Å². The standard InChI is InChI=1S/C32H31N3/c1-3-35(21-23-9-5-4-6-10-23)26-16-13-25(14-17-26)32-29-22-34(2)20-19-28(29)31-27-12-8-7-11-24(27)15-18-30(31)33-32/h4-18H,3,19-22H2,1-2H3. The summed E-state index contributed by atoms with van der Waals surface area (Å²) in [6, 6.07) is 32.9. The van der Waals surface area contributed by atoms with Gasteiger partial charge in [0.05, 0.1) is 11.2 Å². The van der Waals surface area contributed by atoms with Crippen LogP contribution in [0.3, 0.4) is 0 Å². The lowest BCUT2D eigenvalue weighted by Crippen LogP contribution is -2.27. The highest BCUT2D eigenvalue weighted by atomic mass is 15.1. The van der Waals surface area contributed by atoms with Gasteiger partial charge in [-0.05, 0) is 66.1 Å². The number of anilines is 1. The number of rotatable bonds is 5. The summed E-state index contributed by atoms with van der Waals surface area (Å²) in [6.45, 7) is 6.12. The second kappa shape index (κ2) is 9.16. The van der Waals surface area contributed by atoms with Crippen LogP contribution >= 0.6 is 0 Å². The highest BCUT2D eigenvalue weighted by molar-refractivity contribution is 6.09. The quantitative estimate of drug-likeness (QED) is 0.263. The molecular formula is C32H31N3. The molecule has 0 spiro atoms. The van der Waals surface area contributed by atoms with Gasteiger partial charge in [0, 0.05) is 42.8 Å². The summed E-state index contributed by atoms with van der Waals surface area (Å²) in [5.74, 6) is 0. The highest BCUT2D eigenvalue weighted by Gasteiger charge is 2.23. The summed E-state index contributed by atoms with van der Waals surface area (Å²) in [4.78, 5) is 10.1. The molecule has 0 aliphatic carbocycles. The lowest BCUT2D eigenvalue weighted by molar-refractivity contribution is 0.314. The van der Waals surface area contributed by atoms with Gasteiger partial charge in [-0.1, -0.05) is 72.8 Å². The van der Waals surface area contributed by atoms with Crippen LogP contribution in [0.2, 0.25) is 0 Å². The molecule has 0 atom stereocenters. The van der Waals surface area contributed by atoms with Gasteiger partial charge in [0.25, 0.3) is 0 Å². The number of hydrogen-bond donors (Lipinski definition) is 0. The number of likely N-dealkylation sites (N-methyl/N-ethyl adjacent to an activating group) is 1. The van der Waals surface area contributed by atoms with Gasteiger partial charge in [-0.25, -0.2) is 4.98 Å². The molecule has 0 saturated heterocycles. The maximum atomic E-state index is 5.27. The van der Waals surface area contributed by atoms with Crippen molar-refractivity contribution in [2.45, 2.75) is 26.4 Å². The Hall–Kier alpha value is -3.69. The first-order valence-corrected chi connectivity index (χ1v) is 12.6. The Morgan fingerprint density at radius 3 is 2.40 bits per heavy atom. The first kappa shape index (κ1) is 21.8. The third-order valence-electron chi connectivity index (χ3n) is 7.37. The fourth-order valence-electron chi connectivity index (χ4n) is 5.51. The number of pyridine rings is 1. The van der Waals surface area contributed by atoms with Gasteiger partial charge in [-0.3, -0.25) is 0 Å². The molecule has 4 aromatic carbocycles. The summed E-state index contributed by atoms with van der Waals surface area (Å²) in [5.41, 5.74) is 8.87. The van der Waals surface area contributed by atoms with Gasteiger partial charge in [0.15, 0.2) is 0 Å². The summed E-state index contributed by atoms with van der Waals surface area (Å²) >= 11 is 0. The molecule has 0 bridgehead atoms. The predicted octanol–water partition coefficient (Wildman–Crippen LogP) is 7.07. The second-order valence-electron chi connectivity index (χ2n) is 9.63. The van der Waals surface area contributed by atoms with Crippen LogP contribution in [-0.2, 0) is 19.5 Å². The van der Waals surface area contributed by atoms with Crippen molar-refractivity contribution in [2.24, 2.45) is 0 Å². The fraction of sp³-hybridized carbons (Fsp3) is 0.219. The molecule has 0 radical (unpaired) electrons. The predicted molar refractivity (Wildman–Crippen MR) is 148 cm³/mol. The van der Waals surface area contributed by atoms with Crippen molar-refractivity contribution in [1.82, 2.24) is 9.88 Å². The van der Waals surface area contributed by atoms with E-state index < -0.39 is 0 Å². The third-order valence-corrected chi connectivity index (χ3v) is 7.37. The summed E-state index contributed by atoms with van der Waals surface area (Å²) in [5, 5.41) is 3.95. The van der Waals surface area contributed by atoms with E-state index in [9.17, 15) is 0 Å². The van der Waals surface area contributed by atoms with Crippen LogP contribution in [0.25, 0.3) is 32.9 Å². The molecular weight excluding hydrogens is 426 g/mol. The Balaban J connectivity index is 1.43. The zero-order valence-corrected chi connectivity index (χ0v) is 20.5. The topological polar surface area (TPSA) is 19.4 Å². The van der Waals surface area contributed by atoms with E-state index in [1.54, 1.807) is 0 Å². The van der Waals surface area contributed by atoms with Crippen LogP contribution in [-0.4, -0.2) is 30.0 Å². The lowest BCUT2D eigenvalue weighted by atomic mass is 9.89. The van der Waals surface area contributed by atoms with Crippen molar-refractivity contribution in [1.29, 1.82) is 0 Å². The summed E-state index contributed by atoms with van der Waals surface area (Å²) < 4.78 is 0. The Morgan fingerprint density at radius 2 is 1.60 bits per heavy atom. The molecule has 5 aromatic rings. The first-order chi connectivity index (χ1) is 17.2. The van der Waals surface area contributed by atoms with E-state index in [1.165, 1.54) is 44.1 Å². The Labute approximate surface area is 207 Å². The molecule has 3 heteroatoms. The average Bonchev–Trinajstić information content (AvgIpc) is 2.91. The van der Waals surface area contributed by atoms with Crippen LogP contribution in [0.1, 0.15) is 23.6 Å². The molecule has 0 unspecified atom stereocenters. The second-order valence-corrected chi connectivity index (χ2v) is 9.63. The van der Waals surface area contributed by atoms with E-state index in [4.69, 9.17) is 4.98 Å². The minimum absolute atomic E-state index is 0.915. The highest BCUT2D eigenvalue weighted by Crippen LogP contribution is 2.37. The van der Waals surface area contributed by atoms with E-state index in [1.807, 2.05) is 0 Å². The van der Waals surface area contributed by atoms with Gasteiger partial charge in [-0.15, -0.1) is 0 Å². The average molecular weight is 458 g/mol. The monoisotopic (exact) mass is 457 g/mol. The molecule has 6 rings (SSSR count). The molecule has 0 N–H and O–H groups in total. The van der Waals surface area contributed by atoms with Crippen LogP contribution in [0.15, 0.2) is 91.0 Å². The van der Waals surface area contributed by atoms with Crippen LogP contribution in [0.4, 0.5) is 5.69 Å². The lowest BCUT2D eigenvalue weighted by Gasteiger charge is -2.29. The van der Waals surface area contributed by atoms with Crippen molar-refractivity contribution in [2.75, 3.05) is 25.0 Å². The van der Waals surface area contributed by atoms with Gasteiger partial charge in [-0.2, -0.15) is 0 Å². The Kier molecular flexibility index (Phi) is 5.71. The van der Waals surface area contributed by atoms with Crippen LogP contribution in [0, 0.1) is 0 Å². The molecule has 1 aliphatic heterocycles. The van der Waals surface area contributed by atoms with Crippen molar-refractivity contribution in [3.8, 4) is 11.3 Å². The maximum absolute atomic E-state index is 5.27.